The lowest BCUT2D eigenvalue weighted by Gasteiger charge is -2.20. The summed E-state index contributed by atoms with van der Waals surface area (Å²) < 4.78 is 13.9. The molecular weight excluding hydrogens is 341 g/mol. The highest BCUT2D eigenvalue weighted by Crippen LogP contribution is 2.21. The molecule has 6 heteroatoms. The van der Waals surface area contributed by atoms with E-state index in [2.05, 4.69) is 51.8 Å². The second-order valence-electron chi connectivity index (χ2n) is 6.98. The third-order valence-corrected chi connectivity index (χ3v) is 5.03. The molecule has 1 aromatic carbocycles. The first kappa shape index (κ1) is 19.1. The molecule has 2 atom stereocenters. The van der Waals surface area contributed by atoms with Gasteiger partial charge in [0.2, 0.25) is 0 Å². The van der Waals surface area contributed by atoms with Crippen molar-refractivity contribution in [3.05, 3.63) is 60.0 Å². The molecule has 1 fully saturated rings. The fourth-order valence-corrected chi connectivity index (χ4v) is 3.42. The first-order chi connectivity index (χ1) is 13.2. The molecule has 0 amide bonds. The van der Waals surface area contributed by atoms with E-state index in [0.29, 0.717) is 11.7 Å². The van der Waals surface area contributed by atoms with Crippen LogP contribution < -0.4 is 15.5 Å². The number of pyridine rings is 1. The van der Waals surface area contributed by atoms with Crippen LogP contribution in [0.3, 0.4) is 0 Å². The highest BCUT2D eigenvalue weighted by molar-refractivity contribution is 5.80. The Morgan fingerprint density at radius 2 is 2.11 bits per heavy atom. The maximum absolute atomic E-state index is 13.9. The Kier molecular flexibility index (Phi) is 6.63. The number of nitrogens with zero attached hydrogens (tertiary/aromatic N) is 3. The topological polar surface area (TPSA) is 52.6 Å². The van der Waals surface area contributed by atoms with Crippen molar-refractivity contribution in [1.29, 1.82) is 0 Å². The number of hydrogen-bond donors (Lipinski definition) is 2. The second kappa shape index (κ2) is 9.35. The number of hydrogen-bond acceptors (Lipinski definition) is 3. The van der Waals surface area contributed by atoms with Gasteiger partial charge in [-0.1, -0.05) is 37.3 Å². The average molecular weight is 369 g/mol. The Bertz CT molecular complexity index is 749. The van der Waals surface area contributed by atoms with Crippen molar-refractivity contribution in [2.75, 3.05) is 31.6 Å². The first-order valence-electron chi connectivity index (χ1n) is 9.55. The number of benzene rings is 1. The minimum atomic E-state index is -0.268. The van der Waals surface area contributed by atoms with E-state index < -0.39 is 0 Å². The smallest absolute Gasteiger partial charge is 0.191 e. The van der Waals surface area contributed by atoms with Crippen LogP contribution in [-0.4, -0.2) is 43.7 Å². The van der Waals surface area contributed by atoms with Crippen LogP contribution >= 0.6 is 0 Å². The molecule has 1 aliphatic rings. The minimum Gasteiger partial charge on any atom is -0.356 e. The molecule has 2 aromatic rings. The number of halogens is 1. The Labute approximate surface area is 160 Å². The number of anilines is 1. The van der Waals surface area contributed by atoms with E-state index in [1.54, 1.807) is 19.3 Å². The maximum atomic E-state index is 13.9. The molecule has 0 aliphatic carbocycles. The van der Waals surface area contributed by atoms with Gasteiger partial charge in [0.1, 0.15) is 0 Å². The summed E-state index contributed by atoms with van der Waals surface area (Å²) in [6, 6.07) is 13.8. The predicted molar refractivity (Wildman–Crippen MR) is 109 cm³/mol. The van der Waals surface area contributed by atoms with Gasteiger partial charge in [-0.15, -0.1) is 0 Å². The standard InChI is InChI=1S/C21H28FN5/c1-16(17-7-4-3-5-8-17)10-13-25-21(23-2)26-18-11-14-27(15-18)20-19(22)9-6-12-24-20/h3-9,12,16,18H,10-11,13-15H2,1-2H3,(H2,23,25,26). The highest BCUT2D eigenvalue weighted by atomic mass is 19.1. The largest absolute Gasteiger partial charge is 0.356 e. The van der Waals surface area contributed by atoms with Crippen LogP contribution in [0.15, 0.2) is 53.7 Å². The molecule has 1 aliphatic heterocycles. The zero-order chi connectivity index (χ0) is 19.1. The Morgan fingerprint density at radius 3 is 2.85 bits per heavy atom. The summed E-state index contributed by atoms with van der Waals surface area (Å²) >= 11 is 0. The lowest BCUT2D eigenvalue weighted by atomic mass is 9.98. The summed E-state index contributed by atoms with van der Waals surface area (Å²) in [4.78, 5) is 10.5. The van der Waals surface area contributed by atoms with E-state index in [1.165, 1.54) is 11.6 Å². The second-order valence-corrected chi connectivity index (χ2v) is 6.98. The van der Waals surface area contributed by atoms with Gasteiger partial charge in [0.15, 0.2) is 17.6 Å². The summed E-state index contributed by atoms with van der Waals surface area (Å²) in [5, 5.41) is 6.84. The molecule has 144 valence electrons. The first-order valence-corrected chi connectivity index (χ1v) is 9.55. The summed E-state index contributed by atoms with van der Waals surface area (Å²) in [6.07, 6.45) is 3.59. The van der Waals surface area contributed by atoms with E-state index in [0.717, 1.165) is 38.4 Å². The normalized spacial score (nSPS) is 18.4. The Balaban J connectivity index is 1.45. The third-order valence-electron chi connectivity index (χ3n) is 5.03. The molecule has 0 spiro atoms. The Morgan fingerprint density at radius 1 is 1.30 bits per heavy atom. The van der Waals surface area contributed by atoms with Gasteiger partial charge in [0, 0.05) is 38.9 Å². The monoisotopic (exact) mass is 369 g/mol. The van der Waals surface area contributed by atoms with Gasteiger partial charge in [0.25, 0.3) is 0 Å². The zero-order valence-corrected chi connectivity index (χ0v) is 16.0. The molecule has 0 saturated carbocycles. The zero-order valence-electron chi connectivity index (χ0n) is 16.0. The fourth-order valence-electron chi connectivity index (χ4n) is 3.42. The van der Waals surface area contributed by atoms with Crippen molar-refractivity contribution in [1.82, 2.24) is 15.6 Å². The van der Waals surface area contributed by atoms with Crippen molar-refractivity contribution >= 4 is 11.8 Å². The number of rotatable bonds is 6. The van der Waals surface area contributed by atoms with E-state index in [-0.39, 0.29) is 11.9 Å². The molecule has 1 aromatic heterocycles. The van der Waals surface area contributed by atoms with Gasteiger partial charge in [0.05, 0.1) is 0 Å². The number of nitrogens with one attached hydrogen (secondary N) is 2. The Hall–Kier alpha value is -2.63. The van der Waals surface area contributed by atoms with Crippen molar-refractivity contribution in [2.24, 2.45) is 4.99 Å². The highest BCUT2D eigenvalue weighted by Gasteiger charge is 2.25. The van der Waals surface area contributed by atoms with E-state index in [9.17, 15) is 4.39 Å². The van der Waals surface area contributed by atoms with Crippen LogP contribution in [0.2, 0.25) is 0 Å². The van der Waals surface area contributed by atoms with E-state index in [1.807, 2.05) is 11.0 Å². The number of guanidine groups is 1. The van der Waals surface area contributed by atoms with Crippen LogP contribution in [0.5, 0.6) is 0 Å². The summed E-state index contributed by atoms with van der Waals surface area (Å²) in [7, 11) is 1.78. The fraction of sp³-hybridized carbons (Fsp3) is 0.429. The quantitative estimate of drug-likeness (QED) is 0.607. The summed E-state index contributed by atoms with van der Waals surface area (Å²) in [5.41, 5.74) is 1.35. The minimum absolute atomic E-state index is 0.226. The molecule has 2 N–H and O–H groups in total. The molecule has 0 bridgehead atoms. The van der Waals surface area contributed by atoms with Crippen molar-refractivity contribution < 1.29 is 4.39 Å². The van der Waals surface area contributed by atoms with Crippen LogP contribution in [-0.2, 0) is 0 Å². The number of aromatic nitrogens is 1. The van der Waals surface area contributed by atoms with Gasteiger partial charge in [-0.3, -0.25) is 4.99 Å². The van der Waals surface area contributed by atoms with Gasteiger partial charge >= 0.3 is 0 Å². The molecule has 3 rings (SSSR count). The van der Waals surface area contributed by atoms with Crippen LogP contribution in [0.4, 0.5) is 10.2 Å². The molecule has 2 unspecified atom stereocenters. The molecule has 0 radical (unpaired) electrons. The van der Waals surface area contributed by atoms with Crippen LogP contribution in [0.25, 0.3) is 0 Å². The lowest BCUT2D eigenvalue weighted by molar-refractivity contribution is 0.609. The lowest BCUT2D eigenvalue weighted by Crippen LogP contribution is -2.45. The van der Waals surface area contributed by atoms with Crippen molar-refractivity contribution in [2.45, 2.75) is 31.7 Å². The van der Waals surface area contributed by atoms with Crippen LogP contribution in [0, 0.1) is 5.82 Å². The van der Waals surface area contributed by atoms with Gasteiger partial charge in [-0.25, -0.2) is 9.37 Å². The van der Waals surface area contributed by atoms with E-state index in [4.69, 9.17) is 0 Å². The van der Waals surface area contributed by atoms with Crippen molar-refractivity contribution in [3.8, 4) is 0 Å². The van der Waals surface area contributed by atoms with Crippen LogP contribution in [0.1, 0.15) is 31.2 Å². The SMILES string of the molecule is CN=C(NCCC(C)c1ccccc1)NC1CCN(c2ncccc2F)C1. The van der Waals surface area contributed by atoms with Gasteiger partial charge < -0.3 is 15.5 Å². The molecule has 27 heavy (non-hydrogen) atoms. The predicted octanol–water partition coefficient (Wildman–Crippen LogP) is 3.16. The molecule has 5 nitrogen and oxygen atoms in total. The number of aliphatic imine (C=N–C) groups is 1. The summed E-state index contributed by atoms with van der Waals surface area (Å²) in [5.74, 6) is 1.45. The van der Waals surface area contributed by atoms with Gasteiger partial charge in [-0.05, 0) is 36.5 Å². The summed E-state index contributed by atoms with van der Waals surface area (Å²) in [6.45, 7) is 4.59. The van der Waals surface area contributed by atoms with Crippen molar-refractivity contribution in [3.63, 3.8) is 0 Å². The molecular formula is C21H28FN5. The van der Waals surface area contributed by atoms with Gasteiger partial charge in [-0.2, -0.15) is 0 Å². The molecule has 2 heterocycles. The average Bonchev–Trinajstić information content (AvgIpc) is 3.16. The third kappa shape index (κ3) is 5.18. The molecule has 1 saturated heterocycles. The van der Waals surface area contributed by atoms with E-state index >= 15 is 0 Å². The maximum Gasteiger partial charge on any atom is 0.191 e.